The summed E-state index contributed by atoms with van der Waals surface area (Å²) in [5.41, 5.74) is 0. The van der Waals surface area contributed by atoms with Gasteiger partial charge in [0.05, 0.1) is 92.5 Å². The van der Waals surface area contributed by atoms with Gasteiger partial charge in [-0.15, -0.1) is 0 Å². The van der Waals surface area contributed by atoms with Crippen LogP contribution in [-0.4, -0.2) is 112 Å². The zero-order valence-electron chi connectivity index (χ0n) is 19.6. The van der Waals surface area contributed by atoms with Crippen LogP contribution in [0, 0.1) is 0 Å². The maximum absolute atomic E-state index is 5.55. The lowest BCUT2D eigenvalue weighted by Crippen LogP contribution is -2.14. The van der Waals surface area contributed by atoms with Crippen molar-refractivity contribution in [3.8, 4) is 0 Å². The molecule has 0 aromatic carbocycles. The van der Waals surface area contributed by atoms with Gasteiger partial charge in [0.1, 0.15) is 0 Å². The molecule has 0 N–H and O–H groups in total. The van der Waals surface area contributed by atoms with Crippen molar-refractivity contribution < 1.29 is 37.9 Å². The molecule has 0 aliphatic heterocycles. The minimum atomic E-state index is 0.548. The summed E-state index contributed by atoms with van der Waals surface area (Å²) in [5, 5.41) is 0. The van der Waals surface area contributed by atoms with Gasteiger partial charge in [-0.25, -0.2) is 0 Å². The molecule has 31 heavy (non-hydrogen) atoms. The highest BCUT2D eigenvalue weighted by Gasteiger charge is 1.95. The summed E-state index contributed by atoms with van der Waals surface area (Å²) in [6, 6.07) is 0. The van der Waals surface area contributed by atoms with E-state index in [1.165, 1.54) is 25.7 Å². The Bertz CT molecular complexity index is 285. The first-order valence-corrected chi connectivity index (χ1v) is 12.2. The zero-order chi connectivity index (χ0) is 22.5. The number of ether oxygens (including phenoxy) is 8. The van der Waals surface area contributed by atoms with Gasteiger partial charge in [0, 0.05) is 13.7 Å². The van der Waals surface area contributed by atoms with Crippen molar-refractivity contribution in [3.63, 3.8) is 0 Å². The quantitative estimate of drug-likeness (QED) is 0.138. The molecule has 0 heterocycles. The van der Waals surface area contributed by atoms with Gasteiger partial charge in [0.2, 0.25) is 0 Å². The first-order valence-electron chi connectivity index (χ1n) is 11.6. The summed E-state index contributed by atoms with van der Waals surface area (Å²) in [6.45, 7) is 8.87. The highest BCUT2D eigenvalue weighted by molar-refractivity contribution is 7.80. The van der Waals surface area contributed by atoms with Crippen LogP contribution in [-0.2, 0) is 37.9 Å². The SMILES string of the molecule is COCCOCCOCCOCCOCCOCCOCCOCCCCCCCS. The Morgan fingerprint density at radius 3 is 1.00 bits per heavy atom. The molecule has 0 fully saturated rings. The predicted molar refractivity (Wildman–Crippen MR) is 125 cm³/mol. The van der Waals surface area contributed by atoms with Crippen molar-refractivity contribution in [2.24, 2.45) is 0 Å². The molecule has 0 aromatic heterocycles. The molecular formula is C22H46O8S. The van der Waals surface area contributed by atoms with Crippen molar-refractivity contribution in [2.75, 3.05) is 112 Å². The van der Waals surface area contributed by atoms with E-state index in [1.54, 1.807) is 7.11 Å². The molecule has 188 valence electrons. The Labute approximate surface area is 194 Å². The largest absolute Gasteiger partial charge is 0.382 e. The van der Waals surface area contributed by atoms with Crippen molar-refractivity contribution >= 4 is 12.6 Å². The highest BCUT2D eigenvalue weighted by atomic mass is 32.1. The molecule has 0 unspecified atom stereocenters. The third kappa shape index (κ3) is 30.0. The molecular weight excluding hydrogens is 424 g/mol. The van der Waals surface area contributed by atoms with E-state index in [0.717, 1.165) is 18.8 Å². The summed E-state index contributed by atoms with van der Waals surface area (Å²) in [4.78, 5) is 0. The molecule has 0 aliphatic rings. The van der Waals surface area contributed by atoms with E-state index in [9.17, 15) is 0 Å². The summed E-state index contributed by atoms with van der Waals surface area (Å²) >= 11 is 4.21. The second-order valence-electron chi connectivity index (χ2n) is 6.77. The third-order valence-electron chi connectivity index (χ3n) is 4.11. The number of thiol groups is 1. The number of hydrogen-bond acceptors (Lipinski definition) is 9. The first-order chi connectivity index (χ1) is 15.4. The predicted octanol–water partition coefficient (Wildman–Crippen LogP) is 2.63. The van der Waals surface area contributed by atoms with Gasteiger partial charge in [0.25, 0.3) is 0 Å². The molecule has 0 radical (unpaired) electrons. The lowest BCUT2D eigenvalue weighted by molar-refractivity contribution is -0.0221. The van der Waals surface area contributed by atoms with Gasteiger partial charge in [0.15, 0.2) is 0 Å². The van der Waals surface area contributed by atoms with E-state index in [0.29, 0.717) is 92.5 Å². The van der Waals surface area contributed by atoms with Gasteiger partial charge in [-0.1, -0.05) is 19.3 Å². The zero-order valence-corrected chi connectivity index (χ0v) is 20.5. The Morgan fingerprint density at radius 2 is 0.645 bits per heavy atom. The topological polar surface area (TPSA) is 73.8 Å². The molecule has 0 atom stereocenters. The highest BCUT2D eigenvalue weighted by Crippen LogP contribution is 2.03. The first kappa shape index (κ1) is 31.0. The lowest BCUT2D eigenvalue weighted by Gasteiger charge is -2.08. The second kappa shape index (κ2) is 30.0. The van der Waals surface area contributed by atoms with Crippen LogP contribution in [0.15, 0.2) is 0 Å². The van der Waals surface area contributed by atoms with Crippen LogP contribution in [0.1, 0.15) is 32.1 Å². The van der Waals surface area contributed by atoms with Crippen LogP contribution in [0.25, 0.3) is 0 Å². The minimum absolute atomic E-state index is 0.548. The van der Waals surface area contributed by atoms with Gasteiger partial charge >= 0.3 is 0 Å². The fraction of sp³-hybridized carbons (Fsp3) is 1.00. The van der Waals surface area contributed by atoms with Gasteiger partial charge in [-0.05, 0) is 18.6 Å². The molecule has 0 saturated carbocycles. The van der Waals surface area contributed by atoms with Crippen LogP contribution in [0.4, 0.5) is 0 Å². The Kier molecular flexibility index (Phi) is 30.1. The van der Waals surface area contributed by atoms with E-state index < -0.39 is 0 Å². The molecule has 0 aliphatic carbocycles. The van der Waals surface area contributed by atoms with Crippen molar-refractivity contribution in [1.29, 1.82) is 0 Å². The number of rotatable bonds is 28. The fourth-order valence-corrected chi connectivity index (χ4v) is 2.63. The number of methoxy groups -OCH3 is 1. The van der Waals surface area contributed by atoms with Crippen LogP contribution < -0.4 is 0 Å². The summed E-state index contributed by atoms with van der Waals surface area (Å²) in [5.74, 6) is 0.990. The normalized spacial score (nSPS) is 11.4. The monoisotopic (exact) mass is 470 g/mol. The second-order valence-corrected chi connectivity index (χ2v) is 7.22. The molecule has 0 amide bonds. The van der Waals surface area contributed by atoms with Crippen LogP contribution in [0.2, 0.25) is 0 Å². The van der Waals surface area contributed by atoms with E-state index in [-0.39, 0.29) is 0 Å². The Hall–Kier alpha value is 0.0300. The smallest absolute Gasteiger partial charge is 0.0701 e. The minimum Gasteiger partial charge on any atom is -0.382 e. The average molecular weight is 471 g/mol. The molecule has 0 saturated heterocycles. The maximum Gasteiger partial charge on any atom is 0.0701 e. The van der Waals surface area contributed by atoms with Crippen LogP contribution >= 0.6 is 12.6 Å². The Morgan fingerprint density at radius 1 is 0.355 bits per heavy atom. The average Bonchev–Trinajstić information content (AvgIpc) is 2.78. The summed E-state index contributed by atoms with van der Waals surface area (Å²) < 4.78 is 42.9. The van der Waals surface area contributed by atoms with Crippen molar-refractivity contribution in [2.45, 2.75) is 32.1 Å². The molecule has 0 bridgehead atoms. The molecule has 0 aromatic rings. The van der Waals surface area contributed by atoms with Gasteiger partial charge < -0.3 is 37.9 Å². The van der Waals surface area contributed by atoms with Crippen molar-refractivity contribution in [3.05, 3.63) is 0 Å². The third-order valence-corrected chi connectivity index (χ3v) is 4.43. The summed E-state index contributed by atoms with van der Waals surface area (Å²) in [6.07, 6.45) is 6.12. The van der Waals surface area contributed by atoms with Crippen molar-refractivity contribution in [1.82, 2.24) is 0 Å². The molecule has 9 heteroatoms. The van der Waals surface area contributed by atoms with E-state index in [4.69, 9.17) is 37.9 Å². The van der Waals surface area contributed by atoms with Crippen LogP contribution in [0.5, 0.6) is 0 Å². The van der Waals surface area contributed by atoms with E-state index in [2.05, 4.69) is 12.6 Å². The molecule has 8 nitrogen and oxygen atoms in total. The lowest BCUT2D eigenvalue weighted by atomic mass is 10.2. The standard InChI is InChI=1S/C22H46O8S/c1-23-8-9-25-12-13-27-16-17-29-20-21-30-19-18-28-15-14-26-11-10-24-7-5-3-2-4-6-22-31/h31H,2-22H2,1H3. The number of unbranched alkanes of at least 4 members (excludes halogenated alkanes) is 4. The van der Waals surface area contributed by atoms with Crippen LogP contribution in [0.3, 0.4) is 0 Å². The maximum atomic E-state index is 5.55. The molecule has 0 spiro atoms. The summed E-state index contributed by atoms with van der Waals surface area (Å²) in [7, 11) is 1.65. The number of hydrogen-bond donors (Lipinski definition) is 1. The Balaban J connectivity index is 2.98. The van der Waals surface area contributed by atoms with Gasteiger partial charge in [-0.3, -0.25) is 0 Å². The fourth-order valence-electron chi connectivity index (χ4n) is 2.41. The van der Waals surface area contributed by atoms with Gasteiger partial charge in [-0.2, -0.15) is 12.6 Å². The van der Waals surface area contributed by atoms with E-state index >= 15 is 0 Å². The molecule has 0 rings (SSSR count). The van der Waals surface area contributed by atoms with E-state index in [1.807, 2.05) is 0 Å².